The number of likely N-dealkylation sites (tertiary alicyclic amines) is 1. The maximum absolute atomic E-state index is 12.6. The number of rotatable bonds is 9. The zero-order chi connectivity index (χ0) is 26.3. The molecule has 1 amide bonds. The Labute approximate surface area is 230 Å². The fourth-order valence-corrected chi connectivity index (χ4v) is 5.62. The molecule has 38 heavy (non-hydrogen) atoms. The highest BCUT2D eigenvalue weighted by atomic mass is 35.5. The van der Waals surface area contributed by atoms with Crippen LogP contribution in [0.25, 0.3) is 21.9 Å². The van der Waals surface area contributed by atoms with Crippen LogP contribution in [-0.4, -0.2) is 44.1 Å². The van der Waals surface area contributed by atoms with Crippen molar-refractivity contribution in [2.75, 3.05) is 33.3 Å². The van der Waals surface area contributed by atoms with Gasteiger partial charge in [0.1, 0.15) is 5.75 Å². The van der Waals surface area contributed by atoms with E-state index in [4.69, 9.17) is 16.3 Å². The first-order valence-corrected chi connectivity index (χ1v) is 13.9. The number of hydrogen-bond donors (Lipinski definition) is 1. The number of carbonyl (C=O) groups is 1. The lowest BCUT2D eigenvalue weighted by atomic mass is 9.87. The molecule has 1 fully saturated rings. The Balaban J connectivity index is 1.03. The van der Waals surface area contributed by atoms with Crippen LogP contribution in [0.2, 0.25) is 5.02 Å². The van der Waals surface area contributed by atoms with Gasteiger partial charge in [0.2, 0.25) is 0 Å². The fraction of sp³-hybridized carbons (Fsp3) is 0.303. The van der Waals surface area contributed by atoms with Gasteiger partial charge in [0.05, 0.1) is 7.11 Å². The highest BCUT2D eigenvalue weighted by Gasteiger charge is 2.23. The third-order valence-corrected chi connectivity index (χ3v) is 7.90. The van der Waals surface area contributed by atoms with E-state index in [1.165, 1.54) is 16.3 Å². The van der Waals surface area contributed by atoms with Gasteiger partial charge in [-0.2, -0.15) is 0 Å². The van der Waals surface area contributed by atoms with E-state index >= 15 is 0 Å². The lowest BCUT2D eigenvalue weighted by molar-refractivity contribution is 0.0952. The summed E-state index contributed by atoms with van der Waals surface area (Å²) >= 11 is 5.98. The van der Waals surface area contributed by atoms with E-state index in [9.17, 15) is 4.79 Å². The van der Waals surface area contributed by atoms with Crippen molar-refractivity contribution in [1.29, 1.82) is 0 Å². The second kappa shape index (κ2) is 12.5. The Bertz CT molecular complexity index is 1360. The molecule has 196 valence electrons. The molecule has 0 spiro atoms. The maximum Gasteiger partial charge on any atom is 0.251 e. The predicted octanol–water partition coefficient (Wildman–Crippen LogP) is 7.56. The number of ether oxygens (including phenoxy) is 1. The molecule has 1 heterocycles. The quantitative estimate of drug-likeness (QED) is 0.229. The molecule has 0 aliphatic carbocycles. The first kappa shape index (κ1) is 26.3. The highest BCUT2D eigenvalue weighted by molar-refractivity contribution is 6.30. The molecule has 4 aromatic carbocycles. The van der Waals surface area contributed by atoms with Crippen LogP contribution >= 0.6 is 11.6 Å². The first-order valence-electron chi connectivity index (χ1n) is 13.5. The maximum atomic E-state index is 12.6. The topological polar surface area (TPSA) is 41.6 Å². The molecule has 0 radical (unpaired) electrons. The normalized spacial score (nSPS) is 14.5. The summed E-state index contributed by atoms with van der Waals surface area (Å²) in [6.45, 7) is 3.98. The lowest BCUT2D eigenvalue weighted by Crippen LogP contribution is -2.34. The highest BCUT2D eigenvalue weighted by Crippen LogP contribution is 2.38. The zero-order valence-electron chi connectivity index (χ0n) is 22.0. The van der Waals surface area contributed by atoms with E-state index < -0.39 is 0 Å². The van der Waals surface area contributed by atoms with E-state index in [2.05, 4.69) is 46.6 Å². The minimum atomic E-state index is -0.0159. The van der Waals surface area contributed by atoms with Gasteiger partial charge >= 0.3 is 0 Å². The van der Waals surface area contributed by atoms with Crippen molar-refractivity contribution in [3.63, 3.8) is 0 Å². The second-order valence-corrected chi connectivity index (χ2v) is 10.5. The van der Waals surface area contributed by atoms with Crippen molar-refractivity contribution in [3.05, 3.63) is 101 Å². The summed E-state index contributed by atoms with van der Waals surface area (Å²) in [7, 11) is 1.79. The van der Waals surface area contributed by atoms with Crippen molar-refractivity contribution in [2.45, 2.75) is 31.6 Å². The van der Waals surface area contributed by atoms with Gasteiger partial charge in [-0.05, 0) is 97.6 Å². The number of fused-ring (bicyclic) bond motifs is 1. The van der Waals surface area contributed by atoms with Crippen LogP contribution in [-0.2, 0) is 0 Å². The van der Waals surface area contributed by atoms with Gasteiger partial charge in [-0.3, -0.25) is 4.79 Å². The molecular weight excluding hydrogens is 492 g/mol. The number of piperidine rings is 1. The number of amides is 1. The number of unbranched alkanes of at least 4 members (excludes halogenated alkanes) is 1. The molecule has 1 N–H and O–H groups in total. The van der Waals surface area contributed by atoms with Gasteiger partial charge < -0.3 is 15.0 Å². The molecule has 0 bridgehead atoms. The molecule has 0 unspecified atom stereocenters. The van der Waals surface area contributed by atoms with Gasteiger partial charge in [-0.15, -0.1) is 0 Å². The number of methoxy groups -OCH3 is 1. The summed E-state index contributed by atoms with van der Waals surface area (Å²) in [5.74, 6) is 1.56. The molecular formula is C33H35ClN2O2. The number of hydrogen-bond acceptors (Lipinski definition) is 3. The average molecular weight is 527 g/mol. The monoisotopic (exact) mass is 526 g/mol. The van der Waals surface area contributed by atoms with Crippen molar-refractivity contribution in [2.24, 2.45) is 0 Å². The SMILES string of the molecule is COc1c(C2CCN(CCCCNC(=O)c3ccc(-c4ccc(Cl)cc4)cc3)CC2)ccc2ccccc12. The third-order valence-electron chi connectivity index (χ3n) is 7.65. The minimum Gasteiger partial charge on any atom is -0.496 e. The number of benzene rings is 4. The van der Waals surface area contributed by atoms with Crippen LogP contribution < -0.4 is 10.1 Å². The van der Waals surface area contributed by atoms with Crippen molar-refractivity contribution >= 4 is 28.3 Å². The van der Waals surface area contributed by atoms with Gasteiger partial charge in [-0.25, -0.2) is 0 Å². The van der Waals surface area contributed by atoms with E-state index in [-0.39, 0.29) is 5.91 Å². The van der Waals surface area contributed by atoms with Crippen LogP contribution in [0.5, 0.6) is 5.75 Å². The molecule has 0 saturated carbocycles. The number of halogens is 1. The van der Waals surface area contributed by atoms with E-state index in [0.29, 0.717) is 18.0 Å². The second-order valence-electron chi connectivity index (χ2n) is 10.1. The first-order chi connectivity index (χ1) is 18.6. The summed E-state index contributed by atoms with van der Waals surface area (Å²) in [6, 6.07) is 28.4. The molecule has 0 atom stereocenters. The van der Waals surface area contributed by atoms with Crippen LogP contribution in [0.1, 0.15) is 47.5 Å². The Kier molecular flexibility index (Phi) is 8.62. The third kappa shape index (κ3) is 6.20. The standard InChI is InChI=1S/C33H35ClN2O2/c1-38-32-30-7-3-2-6-26(30)14-17-31(32)27-18-22-36(23-19-27)21-5-4-20-35-33(37)28-10-8-24(9-11-28)25-12-15-29(34)16-13-25/h2-3,6-17,27H,4-5,18-23H2,1H3,(H,35,37). The van der Waals surface area contributed by atoms with Gasteiger partial charge in [0.15, 0.2) is 0 Å². The molecule has 4 nitrogen and oxygen atoms in total. The van der Waals surface area contributed by atoms with Crippen LogP contribution in [0, 0.1) is 0 Å². The van der Waals surface area contributed by atoms with Gasteiger partial charge in [0, 0.05) is 22.5 Å². The smallest absolute Gasteiger partial charge is 0.251 e. The summed E-state index contributed by atoms with van der Waals surface area (Å²) < 4.78 is 5.86. The molecule has 1 saturated heterocycles. The summed E-state index contributed by atoms with van der Waals surface area (Å²) in [6.07, 6.45) is 4.36. The van der Waals surface area contributed by atoms with E-state index in [0.717, 1.165) is 67.2 Å². The lowest BCUT2D eigenvalue weighted by Gasteiger charge is -2.33. The van der Waals surface area contributed by atoms with Gasteiger partial charge in [-0.1, -0.05) is 72.3 Å². The molecule has 1 aliphatic heterocycles. The number of nitrogens with one attached hydrogen (secondary N) is 1. The largest absolute Gasteiger partial charge is 0.496 e. The zero-order valence-corrected chi connectivity index (χ0v) is 22.7. The Morgan fingerprint density at radius 1 is 0.895 bits per heavy atom. The van der Waals surface area contributed by atoms with Crippen molar-refractivity contribution < 1.29 is 9.53 Å². The summed E-state index contributed by atoms with van der Waals surface area (Å²) in [4.78, 5) is 15.1. The van der Waals surface area contributed by atoms with Crippen molar-refractivity contribution in [1.82, 2.24) is 10.2 Å². The summed E-state index contributed by atoms with van der Waals surface area (Å²) in [5, 5.41) is 6.22. The molecule has 0 aromatic heterocycles. The summed E-state index contributed by atoms with van der Waals surface area (Å²) in [5.41, 5.74) is 4.19. The van der Waals surface area contributed by atoms with Gasteiger partial charge in [0.25, 0.3) is 5.91 Å². The van der Waals surface area contributed by atoms with E-state index in [1.54, 1.807) is 7.11 Å². The molecule has 1 aliphatic rings. The Hall–Kier alpha value is -3.34. The predicted molar refractivity (Wildman–Crippen MR) is 157 cm³/mol. The van der Waals surface area contributed by atoms with Crippen LogP contribution in [0.4, 0.5) is 0 Å². The number of carbonyl (C=O) groups excluding carboxylic acids is 1. The molecule has 5 heteroatoms. The molecule has 4 aromatic rings. The van der Waals surface area contributed by atoms with Crippen molar-refractivity contribution in [3.8, 4) is 16.9 Å². The minimum absolute atomic E-state index is 0.0159. The Morgan fingerprint density at radius 2 is 1.58 bits per heavy atom. The average Bonchev–Trinajstić information content (AvgIpc) is 2.97. The van der Waals surface area contributed by atoms with E-state index in [1.807, 2.05) is 48.5 Å². The van der Waals surface area contributed by atoms with Crippen LogP contribution in [0.3, 0.4) is 0 Å². The molecule has 5 rings (SSSR count). The fourth-order valence-electron chi connectivity index (χ4n) is 5.50. The van der Waals surface area contributed by atoms with Crippen LogP contribution in [0.15, 0.2) is 84.9 Å². The number of nitrogens with zero attached hydrogens (tertiary/aromatic N) is 1. The Morgan fingerprint density at radius 3 is 2.29 bits per heavy atom.